The first-order chi connectivity index (χ1) is 9.70. The minimum Gasteiger partial charge on any atom is -0.343 e. The summed E-state index contributed by atoms with van der Waals surface area (Å²) in [7, 11) is 0. The molecule has 1 aromatic rings. The third kappa shape index (κ3) is 2.40. The third-order valence-corrected chi connectivity index (χ3v) is 4.05. The molecule has 1 aliphatic heterocycles. The van der Waals surface area contributed by atoms with Gasteiger partial charge in [0.15, 0.2) is 0 Å². The molecule has 1 N–H and O–H groups in total. The van der Waals surface area contributed by atoms with Crippen LogP contribution in [0.3, 0.4) is 0 Å². The molecule has 20 heavy (non-hydrogen) atoms. The molecule has 0 radical (unpaired) electrons. The highest BCUT2D eigenvalue weighted by atomic mass is 16.2. The van der Waals surface area contributed by atoms with Crippen molar-refractivity contribution in [1.29, 1.82) is 0 Å². The number of carbonyl (C=O) groups excluding carboxylic acids is 2. The summed E-state index contributed by atoms with van der Waals surface area (Å²) in [4.78, 5) is 30.6. The molecular weight excluding hydrogens is 254 g/mol. The predicted molar refractivity (Wildman–Crippen MR) is 73.5 cm³/mol. The minimum absolute atomic E-state index is 0.00263. The van der Waals surface area contributed by atoms with Crippen LogP contribution in [0.1, 0.15) is 31.7 Å². The molecule has 2 aliphatic rings. The average Bonchev–Trinajstić information content (AvgIpc) is 3.28. The zero-order chi connectivity index (χ0) is 14.1. The molecule has 106 valence electrons. The molecule has 1 aliphatic carbocycles. The number of pyridine rings is 1. The monoisotopic (exact) mass is 273 g/mol. The van der Waals surface area contributed by atoms with Crippen molar-refractivity contribution in [2.24, 2.45) is 5.92 Å². The van der Waals surface area contributed by atoms with Gasteiger partial charge < -0.3 is 10.2 Å². The van der Waals surface area contributed by atoms with Gasteiger partial charge in [-0.3, -0.25) is 14.6 Å². The number of hydrogen-bond acceptors (Lipinski definition) is 3. The molecule has 0 aromatic carbocycles. The molecule has 2 unspecified atom stereocenters. The van der Waals surface area contributed by atoms with Crippen molar-refractivity contribution in [3.05, 3.63) is 30.1 Å². The van der Waals surface area contributed by atoms with Crippen molar-refractivity contribution >= 4 is 11.8 Å². The predicted octanol–water partition coefficient (Wildman–Crippen LogP) is 1.10. The highest BCUT2D eigenvalue weighted by Crippen LogP contribution is 2.37. The van der Waals surface area contributed by atoms with Crippen molar-refractivity contribution in [3.63, 3.8) is 0 Å². The van der Waals surface area contributed by atoms with E-state index in [1.807, 2.05) is 19.1 Å². The van der Waals surface area contributed by atoms with Crippen LogP contribution in [0, 0.1) is 5.92 Å². The van der Waals surface area contributed by atoms with Crippen LogP contribution < -0.4 is 5.32 Å². The topological polar surface area (TPSA) is 62.3 Å². The number of nitrogens with one attached hydrogen (secondary N) is 1. The largest absolute Gasteiger partial charge is 0.343 e. The summed E-state index contributed by atoms with van der Waals surface area (Å²) in [6, 6.07) is 3.12. The van der Waals surface area contributed by atoms with E-state index in [1.54, 1.807) is 17.3 Å². The first kappa shape index (κ1) is 13.1. The van der Waals surface area contributed by atoms with Crippen LogP contribution in [0.5, 0.6) is 0 Å². The number of rotatable bonds is 4. The van der Waals surface area contributed by atoms with E-state index in [0.29, 0.717) is 18.9 Å². The van der Waals surface area contributed by atoms with Crippen LogP contribution >= 0.6 is 0 Å². The van der Waals surface area contributed by atoms with Gasteiger partial charge in [0.1, 0.15) is 12.1 Å². The number of carbonyl (C=O) groups is 2. The lowest BCUT2D eigenvalue weighted by molar-refractivity contribution is -0.151. The molecule has 2 heterocycles. The second kappa shape index (κ2) is 5.23. The molecule has 1 aromatic heterocycles. The molecule has 1 saturated heterocycles. The van der Waals surface area contributed by atoms with Crippen molar-refractivity contribution < 1.29 is 9.59 Å². The molecule has 5 nitrogen and oxygen atoms in total. The van der Waals surface area contributed by atoms with Gasteiger partial charge in [0.2, 0.25) is 11.8 Å². The van der Waals surface area contributed by atoms with Crippen LogP contribution in [0.25, 0.3) is 0 Å². The first-order valence-electron chi connectivity index (χ1n) is 7.20. The number of hydrogen-bond donors (Lipinski definition) is 1. The summed E-state index contributed by atoms with van der Waals surface area (Å²) in [6.07, 6.45) is 6.16. The lowest BCUT2D eigenvalue weighted by Gasteiger charge is -2.39. The van der Waals surface area contributed by atoms with Crippen molar-refractivity contribution in [2.45, 2.75) is 44.8 Å². The van der Waals surface area contributed by atoms with Crippen LogP contribution in [-0.2, 0) is 16.1 Å². The summed E-state index contributed by atoms with van der Waals surface area (Å²) in [5.41, 5.74) is 0.969. The Morgan fingerprint density at radius 1 is 1.40 bits per heavy atom. The summed E-state index contributed by atoms with van der Waals surface area (Å²) in [6.45, 7) is 2.39. The standard InChI is InChI=1S/C15H19N3O2/c1-2-12-15(20)18(9-10-4-3-7-16-8-10)13(11-5-6-11)14(19)17-12/h3-4,7-8,11-13H,2,5-6,9H2,1H3,(H,17,19). The van der Waals surface area contributed by atoms with E-state index in [2.05, 4.69) is 10.3 Å². The van der Waals surface area contributed by atoms with Crippen LogP contribution in [0.4, 0.5) is 0 Å². The maximum absolute atomic E-state index is 12.5. The normalized spacial score (nSPS) is 26.6. The summed E-state index contributed by atoms with van der Waals surface area (Å²) in [5, 5.41) is 2.86. The Balaban J connectivity index is 1.85. The van der Waals surface area contributed by atoms with Gasteiger partial charge in [-0.15, -0.1) is 0 Å². The summed E-state index contributed by atoms with van der Waals surface area (Å²) < 4.78 is 0. The van der Waals surface area contributed by atoms with Gasteiger partial charge in [0.05, 0.1) is 0 Å². The maximum Gasteiger partial charge on any atom is 0.246 e. The molecular formula is C15H19N3O2. The van der Waals surface area contributed by atoms with Gasteiger partial charge in [-0.05, 0) is 36.8 Å². The number of nitrogens with zero attached hydrogens (tertiary/aromatic N) is 2. The Morgan fingerprint density at radius 3 is 2.80 bits per heavy atom. The SMILES string of the molecule is CCC1NC(=O)C(C2CC2)N(Cc2cccnc2)C1=O. The maximum atomic E-state index is 12.5. The Bertz CT molecular complexity index is 513. The van der Waals surface area contributed by atoms with Crippen LogP contribution in [0.15, 0.2) is 24.5 Å². The Labute approximate surface area is 118 Å². The summed E-state index contributed by atoms with van der Waals surface area (Å²) in [5.74, 6) is 0.365. The number of amides is 2. The minimum atomic E-state index is -0.380. The lowest BCUT2D eigenvalue weighted by atomic mass is 10.0. The molecule has 2 fully saturated rings. The Hall–Kier alpha value is -1.91. The highest BCUT2D eigenvalue weighted by molar-refractivity contribution is 5.97. The van der Waals surface area contributed by atoms with Gasteiger partial charge in [-0.1, -0.05) is 13.0 Å². The van der Waals surface area contributed by atoms with Crippen molar-refractivity contribution in [1.82, 2.24) is 15.2 Å². The van der Waals surface area contributed by atoms with E-state index in [1.165, 1.54) is 0 Å². The second-order valence-corrected chi connectivity index (χ2v) is 5.58. The van der Waals surface area contributed by atoms with Gasteiger partial charge in [0, 0.05) is 18.9 Å². The summed E-state index contributed by atoms with van der Waals surface area (Å²) >= 11 is 0. The first-order valence-corrected chi connectivity index (χ1v) is 7.20. The molecule has 0 bridgehead atoms. The average molecular weight is 273 g/mol. The van der Waals surface area contributed by atoms with Gasteiger partial charge in [-0.2, -0.15) is 0 Å². The number of piperazine rings is 1. The van der Waals surface area contributed by atoms with Gasteiger partial charge >= 0.3 is 0 Å². The van der Waals surface area contributed by atoms with Crippen LogP contribution in [-0.4, -0.2) is 33.8 Å². The van der Waals surface area contributed by atoms with E-state index >= 15 is 0 Å². The fraction of sp³-hybridized carbons (Fsp3) is 0.533. The third-order valence-electron chi connectivity index (χ3n) is 4.05. The fourth-order valence-electron chi connectivity index (χ4n) is 2.82. The Kier molecular flexibility index (Phi) is 3.42. The molecule has 3 rings (SSSR count). The molecule has 5 heteroatoms. The zero-order valence-corrected chi connectivity index (χ0v) is 11.6. The number of aromatic nitrogens is 1. The van der Waals surface area contributed by atoms with E-state index in [0.717, 1.165) is 18.4 Å². The zero-order valence-electron chi connectivity index (χ0n) is 11.6. The molecule has 2 atom stereocenters. The fourth-order valence-corrected chi connectivity index (χ4v) is 2.82. The smallest absolute Gasteiger partial charge is 0.246 e. The van der Waals surface area contributed by atoms with Gasteiger partial charge in [-0.25, -0.2) is 0 Å². The van der Waals surface area contributed by atoms with E-state index in [-0.39, 0.29) is 23.9 Å². The van der Waals surface area contributed by atoms with Crippen LogP contribution in [0.2, 0.25) is 0 Å². The van der Waals surface area contributed by atoms with Gasteiger partial charge in [0.25, 0.3) is 0 Å². The van der Waals surface area contributed by atoms with Crippen molar-refractivity contribution in [2.75, 3.05) is 0 Å². The molecule has 1 saturated carbocycles. The van der Waals surface area contributed by atoms with Crippen molar-refractivity contribution in [3.8, 4) is 0 Å². The molecule has 2 amide bonds. The lowest BCUT2D eigenvalue weighted by Crippen LogP contribution is -2.63. The highest BCUT2D eigenvalue weighted by Gasteiger charge is 2.47. The quantitative estimate of drug-likeness (QED) is 0.893. The van der Waals surface area contributed by atoms with E-state index in [9.17, 15) is 9.59 Å². The van der Waals surface area contributed by atoms with E-state index < -0.39 is 0 Å². The second-order valence-electron chi connectivity index (χ2n) is 5.58. The van der Waals surface area contributed by atoms with E-state index in [4.69, 9.17) is 0 Å². The molecule has 0 spiro atoms. The Morgan fingerprint density at radius 2 is 2.20 bits per heavy atom.